The third kappa shape index (κ3) is 2.68. The Kier molecular flexibility index (Phi) is 3.83. The minimum Gasteiger partial charge on any atom is -0.372 e. The number of halogens is 3. The predicted octanol–water partition coefficient (Wildman–Crippen LogP) is 3.86. The van der Waals surface area contributed by atoms with Crippen molar-refractivity contribution in [2.24, 2.45) is 0 Å². The number of aryl methyl sites for hydroxylation is 1. The van der Waals surface area contributed by atoms with E-state index in [1.165, 1.54) is 19.1 Å². The van der Waals surface area contributed by atoms with Crippen molar-refractivity contribution < 1.29 is 13.2 Å². The number of benzene rings is 1. The van der Waals surface area contributed by atoms with Crippen LogP contribution in [-0.4, -0.2) is 13.1 Å². The van der Waals surface area contributed by atoms with E-state index in [2.05, 4.69) is 0 Å². The molecule has 0 aromatic heterocycles. The zero-order valence-electron chi connectivity index (χ0n) is 9.73. The van der Waals surface area contributed by atoms with Crippen LogP contribution in [0.3, 0.4) is 0 Å². The molecule has 0 atom stereocenters. The van der Waals surface area contributed by atoms with Crippen LogP contribution < -0.4 is 4.90 Å². The standard InChI is InChI=1S/C12H16F3N/c1-4-16(5-2)10-7-6-9(3)11(8-10)12(13,14)15/h6-8H,4-5H2,1-3H3. The van der Waals surface area contributed by atoms with Gasteiger partial charge in [0.2, 0.25) is 0 Å². The van der Waals surface area contributed by atoms with E-state index in [4.69, 9.17) is 0 Å². The molecule has 0 aliphatic carbocycles. The predicted molar refractivity (Wildman–Crippen MR) is 59.7 cm³/mol. The lowest BCUT2D eigenvalue weighted by molar-refractivity contribution is -0.138. The van der Waals surface area contributed by atoms with Gasteiger partial charge < -0.3 is 4.90 Å². The van der Waals surface area contributed by atoms with E-state index in [0.717, 1.165) is 0 Å². The van der Waals surface area contributed by atoms with Gasteiger partial charge >= 0.3 is 6.18 Å². The largest absolute Gasteiger partial charge is 0.416 e. The first-order valence-corrected chi connectivity index (χ1v) is 5.33. The Morgan fingerprint density at radius 2 is 1.69 bits per heavy atom. The summed E-state index contributed by atoms with van der Waals surface area (Å²) >= 11 is 0. The molecule has 0 unspecified atom stereocenters. The van der Waals surface area contributed by atoms with Crippen LogP contribution in [-0.2, 0) is 6.18 Å². The number of alkyl halides is 3. The molecule has 0 amide bonds. The highest BCUT2D eigenvalue weighted by Gasteiger charge is 2.32. The first-order chi connectivity index (χ1) is 7.40. The van der Waals surface area contributed by atoms with Gasteiger partial charge in [-0.2, -0.15) is 13.2 Å². The van der Waals surface area contributed by atoms with Gasteiger partial charge in [0, 0.05) is 18.8 Å². The van der Waals surface area contributed by atoms with Gasteiger partial charge in [-0.05, 0) is 38.5 Å². The fourth-order valence-corrected chi connectivity index (χ4v) is 1.70. The lowest BCUT2D eigenvalue weighted by Gasteiger charge is -2.22. The fraction of sp³-hybridized carbons (Fsp3) is 0.500. The second kappa shape index (κ2) is 4.76. The Hall–Kier alpha value is -1.19. The first-order valence-electron chi connectivity index (χ1n) is 5.33. The molecule has 0 N–H and O–H groups in total. The third-order valence-electron chi connectivity index (χ3n) is 2.66. The van der Waals surface area contributed by atoms with Crippen molar-refractivity contribution in [2.75, 3.05) is 18.0 Å². The molecule has 1 rings (SSSR count). The summed E-state index contributed by atoms with van der Waals surface area (Å²) in [6, 6.07) is 4.48. The van der Waals surface area contributed by atoms with Gasteiger partial charge in [0.15, 0.2) is 0 Å². The third-order valence-corrected chi connectivity index (χ3v) is 2.66. The summed E-state index contributed by atoms with van der Waals surface area (Å²) < 4.78 is 38.0. The summed E-state index contributed by atoms with van der Waals surface area (Å²) in [6.45, 7) is 6.75. The molecule has 0 radical (unpaired) electrons. The van der Waals surface area contributed by atoms with Gasteiger partial charge in [-0.1, -0.05) is 6.07 Å². The van der Waals surface area contributed by atoms with Crippen molar-refractivity contribution >= 4 is 5.69 Å². The molecule has 0 aliphatic heterocycles. The van der Waals surface area contributed by atoms with Gasteiger partial charge in [-0.15, -0.1) is 0 Å². The molecule has 0 heterocycles. The summed E-state index contributed by atoms with van der Waals surface area (Å²) in [5, 5.41) is 0. The van der Waals surface area contributed by atoms with Gasteiger partial charge in [-0.3, -0.25) is 0 Å². The molecular weight excluding hydrogens is 215 g/mol. The lowest BCUT2D eigenvalue weighted by Crippen LogP contribution is -2.22. The smallest absolute Gasteiger partial charge is 0.372 e. The Morgan fingerprint density at radius 1 is 1.12 bits per heavy atom. The van der Waals surface area contributed by atoms with E-state index < -0.39 is 11.7 Å². The van der Waals surface area contributed by atoms with Crippen LogP contribution >= 0.6 is 0 Å². The molecule has 4 heteroatoms. The van der Waals surface area contributed by atoms with E-state index in [0.29, 0.717) is 18.8 Å². The topological polar surface area (TPSA) is 3.24 Å². The molecule has 0 bridgehead atoms. The lowest BCUT2D eigenvalue weighted by atomic mass is 10.1. The maximum Gasteiger partial charge on any atom is 0.416 e. The summed E-state index contributed by atoms with van der Waals surface area (Å²) in [7, 11) is 0. The first kappa shape index (κ1) is 12.9. The number of nitrogens with zero attached hydrogens (tertiary/aromatic N) is 1. The van der Waals surface area contributed by atoms with Gasteiger partial charge in [0.05, 0.1) is 5.56 Å². The molecule has 0 saturated carbocycles. The maximum atomic E-state index is 12.7. The van der Waals surface area contributed by atoms with E-state index in [9.17, 15) is 13.2 Å². The van der Waals surface area contributed by atoms with Crippen LogP contribution in [0, 0.1) is 6.92 Å². The molecule has 90 valence electrons. The van der Waals surface area contributed by atoms with Crippen LogP contribution in [0.15, 0.2) is 18.2 Å². The second-order valence-corrected chi connectivity index (χ2v) is 3.67. The molecular formula is C12H16F3N. The normalized spacial score (nSPS) is 11.6. The molecule has 0 fully saturated rings. The Morgan fingerprint density at radius 3 is 2.12 bits per heavy atom. The molecule has 0 aliphatic rings. The van der Waals surface area contributed by atoms with E-state index in [1.807, 2.05) is 18.7 Å². The quantitative estimate of drug-likeness (QED) is 0.763. The summed E-state index contributed by atoms with van der Waals surface area (Å²) in [5.74, 6) is 0. The molecule has 16 heavy (non-hydrogen) atoms. The van der Waals surface area contributed by atoms with Gasteiger partial charge in [-0.25, -0.2) is 0 Å². The summed E-state index contributed by atoms with van der Waals surface area (Å²) in [6.07, 6.45) is -4.27. The molecule has 1 nitrogen and oxygen atoms in total. The minimum atomic E-state index is -4.27. The van der Waals surface area contributed by atoms with Crippen molar-refractivity contribution in [1.29, 1.82) is 0 Å². The van der Waals surface area contributed by atoms with Crippen molar-refractivity contribution in [3.05, 3.63) is 29.3 Å². The second-order valence-electron chi connectivity index (χ2n) is 3.67. The number of rotatable bonds is 3. The van der Waals surface area contributed by atoms with Gasteiger partial charge in [0.1, 0.15) is 0 Å². The molecule has 0 saturated heterocycles. The molecule has 1 aromatic carbocycles. The zero-order chi connectivity index (χ0) is 12.3. The van der Waals surface area contributed by atoms with Crippen LogP contribution in [0.5, 0.6) is 0 Å². The van der Waals surface area contributed by atoms with Crippen molar-refractivity contribution in [2.45, 2.75) is 26.9 Å². The minimum absolute atomic E-state index is 0.267. The number of hydrogen-bond acceptors (Lipinski definition) is 1. The van der Waals surface area contributed by atoms with Crippen LogP contribution in [0.2, 0.25) is 0 Å². The molecule has 1 aromatic rings. The van der Waals surface area contributed by atoms with Crippen LogP contribution in [0.1, 0.15) is 25.0 Å². The van der Waals surface area contributed by atoms with E-state index in [-0.39, 0.29) is 5.56 Å². The highest BCUT2D eigenvalue weighted by molar-refractivity contribution is 5.51. The Balaban J connectivity index is 3.17. The van der Waals surface area contributed by atoms with Gasteiger partial charge in [0.25, 0.3) is 0 Å². The van der Waals surface area contributed by atoms with E-state index in [1.54, 1.807) is 6.07 Å². The van der Waals surface area contributed by atoms with Crippen LogP contribution in [0.25, 0.3) is 0 Å². The van der Waals surface area contributed by atoms with Crippen LogP contribution in [0.4, 0.5) is 18.9 Å². The highest BCUT2D eigenvalue weighted by Crippen LogP contribution is 2.34. The average Bonchev–Trinajstić information content (AvgIpc) is 2.20. The Labute approximate surface area is 93.9 Å². The monoisotopic (exact) mass is 231 g/mol. The summed E-state index contributed by atoms with van der Waals surface area (Å²) in [4.78, 5) is 1.90. The SMILES string of the molecule is CCN(CC)c1ccc(C)c(C(F)(F)F)c1. The zero-order valence-corrected chi connectivity index (χ0v) is 9.73. The number of anilines is 1. The maximum absolute atomic E-state index is 12.7. The highest BCUT2D eigenvalue weighted by atomic mass is 19.4. The van der Waals surface area contributed by atoms with Crippen molar-refractivity contribution in [3.8, 4) is 0 Å². The van der Waals surface area contributed by atoms with Crippen molar-refractivity contribution in [3.63, 3.8) is 0 Å². The fourth-order valence-electron chi connectivity index (χ4n) is 1.70. The average molecular weight is 231 g/mol. The molecule has 0 spiro atoms. The Bertz CT molecular complexity index is 354. The summed E-state index contributed by atoms with van der Waals surface area (Å²) in [5.41, 5.74) is 0.350. The van der Waals surface area contributed by atoms with E-state index >= 15 is 0 Å². The number of hydrogen-bond donors (Lipinski definition) is 0. The van der Waals surface area contributed by atoms with Crippen molar-refractivity contribution in [1.82, 2.24) is 0 Å².